The van der Waals surface area contributed by atoms with Gasteiger partial charge in [-0.25, -0.2) is 0 Å². The molecule has 146 valence electrons. The van der Waals surface area contributed by atoms with Gasteiger partial charge in [-0.2, -0.15) is 0 Å². The second kappa shape index (κ2) is 8.56. The molecule has 0 aliphatic carbocycles. The number of hydrogen-bond acceptors (Lipinski definition) is 5. The number of hydrogen-bond donors (Lipinski definition) is 1. The molecule has 1 heterocycles. The first kappa shape index (κ1) is 19.4. The highest BCUT2D eigenvalue weighted by molar-refractivity contribution is 5.98. The fourth-order valence-electron chi connectivity index (χ4n) is 2.88. The van der Waals surface area contributed by atoms with Gasteiger partial charge in [-0.05, 0) is 43.7 Å². The number of fused-ring (bicyclic) bond motifs is 1. The third-order valence-corrected chi connectivity index (χ3v) is 4.31. The van der Waals surface area contributed by atoms with E-state index in [1.165, 1.54) is 11.8 Å². The maximum absolute atomic E-state index is 12.2. The van der Waals surface area contributed by atoms with Crippen molar-refractivity contribution in [1.29, 1.82) is 0 Å². The SMILES string of the molecule is Cc1cccc(NC(=O)[C@@H](C)OC(=O)CCN2C(=O)COc3ccccc32)c1. The number of rotatable bonds is 6. The highest BCUT2D eigenvalue weighted by Crippen LogP contribution is 2.31. The third kappa shape index (κ3) is 4.68. The lowest BCUT2D eigenvalue weighted by molar-refractivity contribution is -0.153. The fourth-order valence-corrected chi connectivity index (χ4v) is 2.88. The number of carbonyl (C=O) groups excluding carboxylic acids is 3. The standard InChI is InChI=1S/C21H22N2O5/c1-14-6-5-7-16(12-14)22-21(26)15(2)28-20(25)10-11-23-17-8-3-4-9-18(17)27-13-19(23)24/h3-9,12,15H,10-11,13H2,1-2H3,(H,22,26)/t15-/m1/s1. The van der Waals surface area contributed by atoms with Crippen LogP contribution in [0.1, 0.15) is 18.9 Å². The Morgan fingerprint density at radius 1 is 1.21 bits per heavy atom. The molecule has 0 bridgehead atoms. The molecule has 1 atom stereocenters. The van der Waals surface area contributed by atoms with Gasteiger partial charge in [0.1, 0.15) is 5.75 Å². The number of aryl methyl sites for hydroxylation is 1. The summed E-state index contributed by atoms with van der Waals surface area (Å²) in [7, 11) is 0. The number of anilines is 2. The van der Waals surface area contributed by atoms with Crippen LogP contribution in [0.2, 0.25) is 0 Å². The normalized spacial score (nSPS) is 13.9. The van der Waals surface area contributed by atoms with Crippen LogP contribution >= 0.6 is 0 Å². The molecule has 2 aromatic rings. The predicted octanol–water partition coefficient (Wildman–Crippen LogP) is 2.68. The number of benzene rings is 2. The molecular formula is C21H22N2O5. The predicted molar refractivity (Wildman–Crippen MR) is 104 cm³/mol. The molecule has 2 aromatic carbocycles. The first-order chi connectivity index (χ1) is 13.4. The number of carbonyl (C=O) groups is 3. The molecule has 1 aliphatic rings. The van der Waals surface area contributed by atoms with E-state index in [0.717, 1.165) is 5.56 Å². The van der Waals surface area contributed by atoms with Crippen LogP contribution in [0.15, 0.2) is 48.5 Å². The van der Waals surface area contributed by atoms with Crippen molar-refractivity contribution in [2.24, 2.45) is 0 Å². The van der Waals surface area contributed by atoms with Crippen LogP contribution < -0.4 is 15.0 Å². The van der Waals surface area contributed by atoms with E-state index in [1.807, 2.05) is 31.2 Å². The molecule has 3 rings (SSSR count). The molecule has 0 radical (unpaired) electrons. The maximum atomic E-state index is 12.2. The van der Waals surface area contributed by atoms with Gasteiger partial charge in [-0.1, -0.05) is 24.3 Å². The summed E-state index contributed by atoms with van der Waals surface area (Å²) in [6, 6.07) is 14.5. The topological polar surface area (TPSA) is 84.9 Å². The molecule has 7 nitrogen and oxygen atoms in total. The molecule has 28 heavy (non-hydrogen) atoms. The fraction of sp³-hybridized carbons (Fsp3) is 0.286. The van der Waals surface area contributed by atoms with Crippen molar-refractivity contribution >= 4 is 29.2 Å². The van der Waals surface area contributed by atoms with E-state index in [9.17, 15) is 14.4 Å². The van der Waals surface area contributed by atoms with E-state index in [1.54, 1.807) is 24.3 Å². The van der Waals surface area contributed by atoms with Gasteiger partial charge < -0.3 is 19.7 Å². The highest BCUT2D eigenvalue weighted by Gasteiger charge is 2.26. The van der Waals surface area contributed by atoms with E-state index in [0.29, 0.717) is 17.1 Å². The van der Waals surface area contributed by atoms with Crippen LogP contribution in [-0.4, -0.2) is 37.0 Å². The molecule has 0 saturated carbocycles. The number of nitrogens with one attached hydrogen (secondary N) is 1. The minimum atomic E-state index is -0.944. The van der Waals surface area contributed by atoms with Crippen molar-refractivity contribution in [3.05, 3.63) is 54.1 Å². The number of amides is 2. The Bertz CT molecular complexity index is 896. The van der Waals surface area contributed by atoms with Crippen LogP contribution in [0.25, 0.3) is 0 Å². The highest BCUT2D eigenvalue weighted by atomic mass is 16.5. The van der Waals surface area contributed by atoms with Crippen molar-refractivity contribution in [3.63, 3.8) is 0 Å². The smallest absolute Gasteiger partial charge is 0.308 e. The molecule has 0 unspecified atom stereocenters. The van der Waals surface area contributed by atoms with E-state index < -0.39 is 18.0 Å². The first-order valence-electron chi connectivity index (χ1n) is 9.03. The average Bonchev–Trinajstić information content (AvgIpc) is 2.67. The third-order valence-electron chi connectivity index (χ3n) is 4.31. The lowest BCUT2D eigenvalue weighted by atomic mass is 10.2. The van der Waals surface area contributed by atoms with E-state index >= 15 is 0 Å². The molecule has 1 aliphatic heterocycles. The monoisotopic (exact) mass is 382 g/mol. The minimum Gasteiger partial charge on any atom is -0.482 e. The summed E-state index contributed by atoms with van der Waals surface area (Å²) < 4.78 is 10.6. The van der Waals surface area contributed by atoms with Gasteiger partial charge in [0, 0.05) is 12.2 Å². The Morgan fingerprint density at radius 3 is 2.79 bits per heavy atom. The molecular weight excluding hydrogens is 360 g/mol. The van der Waals surface area contributed by atoms with Gasteiger partial charge in [-0.3, -0.25) is 14.4 Å². The first-order valence-corrected chi connectivity index (χ1v) is 9.03. The summed E-state index contributed by atoms with van der Waals surface area (Å²) >= 11 is 0. The van der Waals surface area contributed by atoms with Crippen LogP contribution in [-0.2, 0) is 19.1 Å². The second-order valence-electron chi connectivity index (χ2n) is 6.54. The lowest BCUT2D eigenvalue weighted by Crippen LogP contribution is -2.40. The Morgan fingerprint density at radius 2 is 2.00 bits per heavy atom. The Balaban J connectivity index is 1.53. The van der Waals surface area contributed by atoms with Crippen LogP contribution in [0.3, 0.4) is 0 Å². The van der Waals surface area contributed by atoms with Crippen molar-refractivity contribution in [1.82, 2.24) is 0 Å². The number of nitrogens with zero attached hydrogens (tertiary/aromatic N) is 1. The zero-order valence-corrected chi connectivity index (χ0v) is 15.8. The van der Waals surface area contributed by atoms with Crippen molar-refractivity contribution in [2.45, 2.75) is 26.4 Å². The van der Waals surface area contributed by atoms with E-state index in [-0.39, 0.29) is 25.5 Å². The van der Waals surface area contributed by atoms with Gasteiger partial charge >= 0.3 is 5.97 Å². The molecule has 0 aromatic heterocycles. The number of esters is 1. The Labute approximate surface area is 163 Å². The van der Waals surface area contributed by atoms with Crippen molar-refractivity contribution < 1.29 is 23.9 Å². The summed E-state index contributed by atoms with van der Waals surface area (Å²) in [6.45, 7) is 3.52. The second-order valence-corrected chi connectivity index (χ2v) is 6.54. The average molecular weight is 382 g/mol. The van der Waals surface area contributed by atoms with Crippen LogP contribution in [0.5, 0.6) is 5.75 Å². The summed E-state index contributed by atoms with van der Waals surface area (Å²) in [5.74, 6) is -0.589. The van der Waals surface area contributed by atoms with Gasteiger partial charge in [0.15, 0.2) is 12.7 Å². The largest absolute Gasteiger partial charge is 0.482 e. The van der Waals surface area contributed by atoms with Crippen LogP contribution in [0.4, 0.5) is 11.4 Å². The van der Waals surface area contributed by atoms with E-state index in [4.69, 9.17) is 9.47 Å². The van der Waals surface area contributed by atoms with Gasteiger partial charge in [0.05, 0.1) is 12.1 Å². The summed E-state index contributed by atoms with van der Waals surface area (Å²) in [6.07, 6.45) is -0.969. The minimum absolute atomic E-state index is 0.0257. The summed E-state index contributed by atoms with van der Waals surface area (Å²) in [5, 5.41) is 2.72. The molecule has 2 amide bonds. The van der Waals surface area contributed by atoms with Crippen molar-refractivity contribution in [2.75, 3.05) is 23.4 Å². The molecule has 0 fully saturated rings. The van der Waals surface area contributed by atoms with Crippen molar-refractivity contribution in [3.8, 4) is 5.75 Å². The Hall–Kier alpha value is -3.35. The zero-order chi connectivity index (χ0) is 20.1. The van der Waals surface area contributed by atoms with Gasteiger partial charge in [0.2, 0.25) is 0 Å². The summed E-state index contributed by atoms with van der Waals surface area (Å²) in [4.78, 5) is 38.0. The maximum Gasteiger partial charge on any atom is 0.308 e. The molecule has 0 saturated heterocycles. The zero-order valence-electron chi connectivity index (χ0n) is 15.8. The van der Waals surface area contributed by atoms with Crippen LogP contribution in [0, 0.1) is 6.92 Å². The van der Waals surface area contributed by atoms with E-state index in [2.05, 4.69) is 5.32 Å². The quantitative estimate of drug-likeness (QED) is 0.777. The molecule has 7 heteroatoms. The molecule has 1 N–H and O–H groups in total. The van der Waals surface area contributed by atoms with Gasteiger partial charge in [0.25, 0.3) is 11.8 Å². The summed E-state index contributed by atoms with van der Waals surface area (Å²) in [5.41, 5.74) is 2.28. The number of para-hydroxylation sites is 2. The van der Waals surface area contributed by atoms with Gasteiger partial charge in [-0.15, -0.1) is 0 Å². The molecule has 0 spiro atoms. The Kier molecular flexibility index (Phi) is 5.93. The number of ether oxygens (including phenoxy) is 2. The lowest BCUT2D eigenvalue weighted by Gasteiger charge is -2.29.